The number of rotatable bonds is 2. The van der Waals surface area contributed by atoms with Gasteiger partial charge in [-0.2, -0.15) is 0 Å². The Morgan fingerprint density at radius 2 is 1.75 bits per heavy atom. The lowest BCUT2D eigenvalue weighted by atomic mass is 10.4. The molecule has 0 fully saturated rings. The number of hydrogen-bond acceptors (Lipinski definition) is 0. The molecule has 4 heteroatoms. The lowest BCUT2D eigenvalue weighted by Gasteiger charge is -2.07. The zero-order valence-corrected chi connectivity index (χ0v) is 8.56. The number of alkyl halides is 4. The molecular formula is C4H6Cl3I. The molecule has 0 N–H and O–H groups in total. The third kappa shape index (κ3) is 7.60. The molecule has 0 aromatic rings. The lowest BCUT2D eigenvalue weighted by molar-refractivity contribution is 0.839. The van der Waals surface area contributed by atoms with Gasteiger partial charge in [-0.1, -0.05) is 57.4 Å². The Bertz CT molecular complexity index is 58.8. The first-order valence-corrected chi connectivity index (χ1v) is 4.85. The van der Waals surface area contributed by atoms with Crippen LogP contribution in [0.4, 0.5) is 0 Å². The van der Waals surface area contributed by atoms with E-state index in [0.29, 0.717) is 6.42 Å². The Morgan fingerprint density at radius 3 is 1.88 bits per heavy atom. The second-order valence-electron chi connectivity index (χ2n) is 1.41. The van der Waals surface area contributed by atoms with Crippen LogP contribution in [0.5, 0.6) is 0 Å². The highest BCUT2D eigenvalue weighted by Gasteiger charge is 2.17. The summed E-state index contributed by atoms with van der Waals surface area (Å²) >= 11 is 18.6. The zero-order chi connectivity index (χ0) is 6.62. The highest BCUT2D eigenvalue weighted by Crippen LogP contribution is 2.31. The molecule has 0 heterocycles. The van der Waals surface area contributed by atoms with Gasteiger partial charge in [0.15, 0.2) is 3.79 Å². The van der Waals surface area contributed by atoms with Gasteiger partial charge in [0.2, 0.25) is 0 Å². The SMILES string of the molecule is ClC(Cl)(Cl)CCCI. The maximum absolute atomic E-state index is 5.44. The van der Waals surface area contributed by atoms with E-state index in [1.54, 1.807) is 0 Å². The van der Waals surface area contributed by atoms with Gasteiger partial charge in [0.05, 0.1) is 0 Å². The number of hydrogen-bond donors (Lipinski definition) is 0. The molecule has 0 radical (unpaired) electrons. The van der Waals surface area contributed by atoms with Gasteiger partial charge in [0.1, 0.15) is 0 Å². The first-order chi connectivity index (χ1) is 3.56. The highest BCUT2D eigenvalue weighted by molar-refractivity contribution is 14.1. The summed E-state index contributed by atoms with van der Waals surface area (Å²) in [6, 6.07) is 0. The van der Waals surface area contributed by atoms with E-state index in [0.717, 1.165) is 10.8 Å². The Morgan fingerprint density at radius 1 is 1.25 bits per heavy atom. The first kappa shape index (κ1) is 9.60. The summed E-state index contributed by atoms with van der Waals surface area (Å²) in [7, 11) is 0. The van der Waals surface area contributed by atoms with Crippen LogP contribution in [0.25, 0.3) is 0 Å². The van der Waals surface area contributed by atoms with E-state index < -0.39 is 3.79 Å². The van der Waals surface area contributed by atoms with Crippen molar-refractivity contribution in [1.29, 1.82) is 0 Å². The van der Waals surface area contributed by atoms with Gasteiger partial charge in [-0.3, -0.25) is 0 Å². The van der Waals surface area contributed by atoms with Crippen molar-refractivity contribution in [2.24, 2.45) is 0 Å². The van der Waals surface area contributed by atoms with E-state index in [4.69, 9.17) is 34.8 Å². The van der Waals surface area contributed by atoms with Gasteiger partial charge in [-0.05, 0) is 17.3 Å². The van der Waals surface area contributed by atoms with Gasteiger partial charge < -0.3 is 0 Å². The van der Waals surface area contributed by atoms with Crippen LogP contribution in [0.1, 0.15) is 12.8 Å². The van der Waals surface area contributed by atoms with E-state index in [1.165, 1.54) is 0 Å². The molecule has 0 bridgehead atoms. The molecule has 0 amide bonds. The van der Waals surface area contributed by atoms with E-state index in [-0.39, 0.29) is 0 Å². The molecule has 0 aromatic heterocycles. The molecule has 0 atom stereocenters. The fraction of sp³-hybridized carbons (Fsp3) is 1.00. The van der Waals surface area contributed by atoms with Crippen molar-refractivity contribution < 1.29 is 0 Å². The molecular weight excluding hydrogens is 281 g/mol. The predicted molar refractivity (Wildman–Crippen MR) is 48.4 cm³/mol. The van der Waals surface area contributed by atoms with Crippen molar-refractivity contribution in [2.45, 2.75) is 16.6 Å². The molecule has 0 unspecified atom stereocenters. The molecule has 0 saturated heterocycles. The summed E-state index contributed by atoms with van der Waals surface area (Å²) in [5.74, 6) is 0. The smallest absolute Gasteiger partial charge is 0.0864 e. The van der Waals surface area contributed by atoms with Crippen molar-refractivity contribution in [3.8, 4) is 0 Å². The minimum Gasteiger partial charge on any atom is -0.0864 e. The van der Waals surface area contributed by atoms with Gasteiger partial charge in [-0.25, -0.2) is 0 Å². The minimum atomic E-state index is -1.04. The summed E-state index contributed by atoms with van der Waals surface area (Å²) < 4.78 is 0.0108. The van der Waals surface area contributed by atoms with Gasteiger partial charge in [0.25, 0.3) is 0 Å². The van der Waals surface area contributed by atoms with E-state index in [2.05, 4.69) is 22.6 Å². The fourth-order valence-electron chi connectivity index (χ4n) is 0.267. The van der Waals surface area contributed by atoms with Crippen LogP contribution in [0.2, 0.25) is 0 Å². The van der Waals surface area contributed by atoms with Crippen LogP contribution < -0.4 is 0 Å². The molecule has 0 aliphatic heterocycles. The molecule has 50 valence electrons. The third-order valence-electron chi connectivity index (χ3n) is 0.594. The van der Waals surface area contributed by atoms with Gasteiger partial charge in [-0.15, -0.1) is 0 Å². The summed E-state index contributed by atoms with van der Waals surface area (Å²) in [6.45, 7) is 0. The van der Waals surface area contributed by atoms with Crippen molar-refractivity contribution in [2.75, 3.05) is 4.43 Å². The predicted octanol–water partition coefficient (Wildman–Crippen LogP) is 3.57. The van der Waals surface area contributed by atoms with E-state index in [1.807, 2.05) is 0 Å². The van der Waals surface area contributed by atoms with Crippen LogP contribution in [0.3, 0.4) is 0 Å². The van der Waals surface area contributed by atoms with Crippen LogP contribution >= 0.6 is 57.4 Å². The first-order valence-electron chi connectivity index (χ1n) is 2.19. The zero-order valence-electron chi connectivity index (χ0n) is 4.13. The standard InChI is InChI=1S/C4H6Cl3I/c5-4(6,7)2-1-3-8/h1-3H2. The monoisotopic (exact) mass is 286 g/mol. The van der Waals surface area contributed by atoms with Crippen LogP contribution in [-0.2, 0) is 0 Å². The Kier molecular flexibility index (Phi) is 5.31. The van der Waals surface area contributed by atoms with Crippen molar-refractivity contribution >= 4 is 57.4 Å². The Balaban J connectivity index is 3.11. The molecule has 0 rings (SSSR count). The van der Waals surface area contributed by atoms with Crippen molar-refractivity contribution in [3.63, 3.8) is 0 Å². The van der Waals surface area contributed by atoms with Crippen LogP contribution in [0.15, 0.2) is 0 Å². The fourth-order valence-corrected chi connectivity index (χ4v) is 1.05. The maximum atomic E-state index is 5.44. The van der Waals surface area contributed by atoms with E-state index in [9.17, 15) is 0 Å². The molecule has 0 spiro atoms. The molecule has 0 nitrogen and oxygen atoms in total. The lowest BCUT2D eigenvalue weighted by Crippen LogP contribution is -2.00. The van der Waals surface area contributed by atoms with E-state index >= 15 is 0 Å². The molecule has 0 aromatic carbocycles. The summed E-state index contributed by atoms with van der Waals surface area (Å²) in [5.41, 5.74) is 0. The van der Waals surface area contributed by atoms with Gasteiger partial charge >= 0.3 is 0 Å². The molecule has 0 saturated carbocycles. The average molecular weight is 287 g/mol. The normalized spacial score (nSPS) is 12.0. The second-order valence-corrected chi connectivity index (χ2v) is 5.00. The molecule has 8 heavy (non-hydrogen) atoms. The minimum absolute atomic E-state index is 0.653. The summed E-state index contributed by atoms with van der Waals surface area (Å²) in [6.07, 6.45) is 1.62. The highest BCUT2D eigenvalue weighted by atomic mass is 127. The number of halogens is 4. The topological polar surface area (TPSA) is 0 Å². The largest absolute Gasteiger partial charge is 0.190 e. The van der Waals surface area contributed by atoms with Crippen LogP contribution in [-0.4, -0.2) is 8.22 Å². The summed E-state index contributed by atoms with van der Waals surface area (Å²) in [4.78, 5) is 0. The quantitative estimate of drug-likeness (QED) is 0.538. The molecule has 0 aliphatic carbocycles. The Hall–Kier alpha value is 1.60. The van der Waals surface area contributed by atoms with Crippen LogP contribution in [0, 0.1) is 0 Å². The third-order valence-corrected chi connectivity index (χ3v) is 1.92. The summed E-state index contributed by atoms with van der Waals surface area (Å²) in [5, 5.41) is 0. The molecule has 0 aliphatic rings. The van der Waals surface area contributed by atoms with Crippen molar-refractivity contribution in [1.82, 2.24) is 0 Å². The maximum Gasteiger partial charge on any atom is 0.190 e. The Labute approximate surface area is 78.0 Å². The second kappa shape index (κ2) is 4.42. The van der Waals surface area contributed by atoms with Gasteiger partial charge in [0, 0.05) is 0 Å². The average Bonchev–Trinajstić information content (AvgIpc) is 1.59. The van der Waals surface area contributed by atoms with Crippen molar-refractivity contribution in [3.05, 3.63) is 0 Å².